The zero-order valence-electron chi connectivity index (χ0n) is 40.7. The van der Waals surface area contributed by atoms with Gasteiger partial charge in [-0.2, -0.15) is 11.1 Å². The van der Waals surface area contributed by atoms with E-state index in [1.165, 1.54) is 50.5 Å². The van der Waals surface area contributed by atoms with Crippen LogP contribution in [0.5, 0.6) is 0 Å². The second-order valence-corrected chi connectivity index (χ2v) is 27.5. The van der Waals surface area contributed by atoms with Crippen LogP contribution in [0.3, 0.4) is 0 Å². The molecule has 0 saturated carbocycles. The quantitative estimate of drug-likeness (QED) is 0.168. The molecule has 10 nitrogen and oxygen atoms in total. The van der Waals surface area contributed by atoms with Crippen molar-refractivity contribution in [2.45, 2.75) is 182 Å². The van der Waals surface area contributed by atoms with Crippen molar-refractivity contribution >= 4 is 40.9 Å². The minimum Gasteiger partial charge on any atom is -0.466 e. The summed E-state index contributed by atoms with van der Waals surface area (Å²) in [6, 6.07) is 0. The number of imidazole rings is 1. The van der Waals surface area contributed by atoms with Gasteiger partial charge in [-0.25, -0.2) is 4.98 Å². The molecule has 1 aromatic heterocycles. The number of aliphatic hydroxyl groups excluding tert-OH is 1. The smallest absolute Gasteiger partial charge is 0.308 e. The van der Waals surface area contributed by atoms with Crippen LogP contribution in [-0.4, -0.2) is 80.8 Å². The summed E-state index contributed by atoms with van der Waals surface area (Å²) in [6.45, 7) is 25.0. The third kappa shape index (κ3) is 22.5. The average molecular weight is 928 g/mol. The van der Waals surface area contributed by atoms with Crippen molar-refractivity contribution in [2.24, 2.45) is 41.4 Å². The molecule has 6 aliphatic rings. The monoisotopic (exact) mass is 927 g/mol. The van der Waals surface area contributed by atoms with Crippen LogP contribution in [0.1, 0.15) is 147 Å². The molecule has 0 radical (unpaired) electrons. The van der Waals surface area contributed by atoms with E-state index in [9.17, 15) is 14.7 Å². The van der Waals surface area contributed by atoms with Crippen LogP contribution in [0.25, 0.3) is 0 Å². The number of nitrogens with zero attached hydrogens (tertiary/aromatic N) is 1. The van der Waals surface area contributed by atoms with Crippen LogP contribution < -0.4 is 0 Å². The molecule has 2 aliphatic heterocycles. The Kier molecular flexibility index (Phi) is 29.6. The predicted octanol–water partition coefficient (Wildman–Crippen LogP) is 10.2. The van der Waals surface area contributed by atoms with Gasteiger partial charge in [0.25, 0.3) is 0 Å². The highest BCUT2D eigenvalue weighted by atomic mass is 35.6. The Morgan fingerprint density at radius 1 is 0.935 bits per heavy atom. The number of aromatic amines is 1. The zero-order chi connectivity index (χ0) is 44.9. The Hall–Kier alpha value is -2.33. The van der Waals surface area contributed by atoms with E-state index in [1.54, 1.807) is 24.3 Å². The summed E-state index contributed by atoms with van der Waals surface area (Å²) < 4.78 is 15.2. The first-order valence-electron chi connectivity index (χ1n) is 23.2. The lowest BCUT2D eigenvalue weighted by molar-refractivity contribution is -0.160. The van der Waals surface area contributed by atoms with Gasteiger partial charge in [-0.15, -0.1) is 0 Å². The SMILES string of the molecule is CC(C)(C)[Si](C)(C)Cl.CC(C)C.CC1C=CC2=CCCCC2C1CCC1CC(O)CC(=O)O1.CCC1C(C)C=CC2=CCCCC21.O.O.O=C1CC(O[SiH3])CCO1.[HH].c1c[nH]cn1. The summed E-state index contributed by atoms with van der Waals surface area (Å²) in [7, 11) is -0.673. The van der Waals surface area contributed by atoms with E-state index in [1.807, 2.05) is 0 Å². The fraction of sp³-hybridized carbons (Fsp3) is 0.735. The van der Waals surface area contributed by atoms with Crippen LogP contribution in [-0.2, 0) is 23.5 Å². The lowest BCUT2D eigenvalue weighted by atomic mass is 9.68. The van der Waals surface area contributed by atoms with Crippen molar-refractivity contribution in [1.82, 2.24) is 9.97 Å². The molecule has 1 aromatic rings. The molecule has 0 aromatic carbocycles. The third-order valence-corrected chi connectivity index (χ3v) is 18.7. The van der Waals surface area contributed by atoms with Crippen LogP contribution in [0.2, 0.25) is 18.1 Å². The van der Waals surface area contributed by atoms with Gasteiger partial charge in [-0.3, -0.25) is 9.59 Å². The number of nitrogens with one attached hydrogen (secondary N) is 1. The average Bonchev–Trinajstić information content (AvgIpc) is 3.78. The molecule has 3 heterocycles. The maximum atomic E-state index is 11.4. The fourth-order valence-corrected chi connectivity index (χ4v) is 8.71. The highest BCUT2D eigenvalue weighted by molar-refractivity contribution is 7.20. The standard InChI is InChI=1S/C18H26O3.C13H20.C6H15ClSi.C5H10O3Si.C4H10.C3H4N2.2H2O.H2/c1-12-6-7-13-4-2-3-5-17(13)16(12)9-8-15-10-14(19)11-18(20)21-15;1-3-12-10(2)8-9-11-6-4-5-7-13(11)12;1-6(2,3)8(4,5)7;6-5-3-4(8-9)1-2-7-5;1-4(2)3;1-2-5-3-4-1;;;/h4,6-7,12,14-17,19H,2-3,5,8-11H2,1H3;6,8-10,12-13H,3-5,7H2,1-2H3;1-5H3;4H,1-3H2,9H3;4H,1-3H3;1-3H,(H,4,5);2*1H2;1H. The van der Waals surface area contributed by atoms with E-state index in [0.29, 0.717) is 52.7 Å². The second-order valence-electron chi connectivity index (χ2n) is 19.7. The molecule has 360 valence electrons. The molecule has 0 amide bonds. The Morgan fingerprint density at radius 3 is 1.87 bits per heavy atom. The van der Waals surface area contributed by atoms with Crippen LogP contribution >= 0.6 is 11.1 Å². The van der Waals surface area contributed by atoms with Crippen molar-refractivity contribution in [3.63, 3.8) is 0 Å². The topological polar surface area (TPSA) is 174 Å². The number of ether oxygens (including phenoxy) is 2. The van der Waals surface area contributed by atoms with Gasteiger partial charge in [0, 0.05) is 26.7 Å². The molecule has 2 fully saturated rings. The summed E-state index contributed by atoms with van der Waals surface area (Å²) >= 11 is 6.15. The predicted molar refractivity (Wildman–Crippen MR) is 266 cm³/mol. The van der Waals surface area contributed by atoms with Gasteiger partial charge in [0.05, 0.1) is 38.0 Å². The Labute approximate surface area is 386 Å². The first-order chi connectivity index (χ1) is 28.3. The normalized spacial score (nSPS) is 28.5. The van der Waals surface area contributed by atoms with Crippen LogP contribution in [0.4, 0.5) is 0 Å². The Morgan fingerprint density at radius 2 is 1.47 bits per heavy atom. The molecule has 6 N–H and O–H groups in total. The minimum absolute atomic E-state index is 0. The van der Waals surface area contributed by atoms with Gasteiger partial charge < -0.3 is 34.9 Å². The summed E-state index contributed by atoms with van der Waals surface area (Å²) in [5.74, 6) is 4.99. The molecule has 0 spiro atoms. The van der Waals surface area contributed by atoms with E-state index < -0.39 is 13.5 Å². The van der Waals surface area contributed by atoms with E-state index in [-0.39, 0.29) is 42.9 Å². The number of hydrogen-bond donors (Lipinski definition) is 2. The maximum Gasteiger partial charge on any atom is 0.308 e. The number of hydrogen-bond acceptors (Lipinski definition) is 7. The molecular weight excluding hydrogens is 836 g/mol. The highest BCUT2D eigenvalue weighted by Crippen LogP contribution is 2.43. The zero-order valence-corrected chi connectivity index (χ0v) is 44.4. The molecule has 7 rings (SSSR count). The van der Waals surface area contributed by atoms with Gasteiger partial charge in [-0.05, 0) is 109 Å². The molecule has 0 bridgehead atoms. The Bertz CT molecular complexity index is 1460. The first kappa shape index (κ1) is 59.7. The van der Waals surface area contributed by atoms with Crippen LogP contribution in [0.15, 0.2) is 66.3 Å². The molecule has 9 atom stereocenters. The summed E-state index contributed by atoms with van der Waals surface area (Å²) in [6.07, 6.45) is 32.3. The van der Waals surface area contributed by atoms with Crippen molar-refractivity contribution in [3.8, 4) is 0 Å². The number of aromatic nitrogens is 2. The van der Waals surface area contributed by atoms with Crippen molar-refractivity contribution in [2.75, 3.05) is 6.61 Å². The first-order valence-corrected chi connectivity index (χ1v) is 28.0. The summed E-state index contributed by atoms with van der Waals surface area (Å²) in [4.78, 5) is 28.4. The number of halogens is 1. The molecule has 4 aliphatic carbocycles. The van der Waals surface area contributed by atoms with Gasteiger partial charge in [0.2, 0.25) is 0 Å². The number of fused-ring (bicyclic) bond motifs is 2. The summed E-state index contributed by atoms with van der Waals surface area (Å²) in [5.41, 5.74) is 3.15. The molecular formula is C49H91ClN2O8Si2. The number of allylic oxidation sites excluding steroid dienone is 8. The van der Waals surface area contributed by atoms with Crippen LogP contribution in [0, 0.1) is 41.4 Å². The molecule has 9 unspecified atom stereocenters. The molecule has 62 heavy (non-hydrogen) atoms. The van der Waals surface area contributed by atoms with Gasteiger partial charge in [0.15, 0.2) is 7.38 Å². The molecule has 2 saturated heterocycles. The lowest BCUT2D eigenvalue weighted by Gasteiger charge is -2.38. The van der Waals surface area contributed by atoms with E-state index >= 15 is 0 Å². The number of esters is 2. The third-order valence-electron chi connectivity index (χ3n) is 12.8. The van der Waals surface area contributed by atoms with E-state index in [0.717, 1.165) is 42.9 Å². The van der Waals surface area contributed by atoms with E-state index in [2.05, 4.69) is 122 Å². The lowest BCUT2D eigenvalue weighted by Crippen LogP contribution is -2.34. The number of aliphatic hydroxyl groups is 1. The van der Waals surface area contributed by atoms with Crippen molar-refractivity contribution in [1.29, 1.82) is 0 Å². The number of cyclic esters (lactones) is 2. The molecule has 13 heteroatoms. The maximum absolute atomic E-state index is 11.4. The van der Waals surface area contributed by atoms with E-state index in [4.69, 9.17) is 25.0 Å². The fourth-order valence-electron chi connectivity index (χ4n) is 8.30. The van der Waals surface area contributed by atoms with Gasteiger partial charge in [-0.1, -0.05) is 118 Å². The summed E-state index contributed by atoms with van der Waals surface area (Å²) in [5, 5.41) is 10.0. The highest BCUT2D eigenvalue weighted by Gasteiger charge is 2.35. The van der Waals surface area contributed by atoms with Gasteiger partial charge in [0.1, 0.15) is 16.6 Å². The largest absolute Gasteiger partial charge is 0.466 e. The van der Waals surface area contributed by atoms with Crippen molar-refractivity contribution < 1.29 is 41.0 Å². The number of H-pyrrole nitrogens is 1. The second kappa shape index (κ2) is 30.7. The minimum atomic E-state index is -1.39. The van der Waals surface area contributed by atoms with Gasteiger partial charge >= 0.3 is 11.9 Å². The number of carbonyl (C=O) groups is 2. The number of rotatable bonds is 5. The van der Waals surface area contributed by atoms with Crippen molar-refractivity contribution in [3.05, 3.63) is 66.3 Å². The Balaban J connectivity index is 0. The number of carbonyl (C=O) groups excluding carboxylic acids is 2.